The van der Waals surface area contributed by atoms with Crippen LogP contribution in [0, 0.1) is 11.8 Å². The van der Waals surface area contributed by atoms with Gasteiger partial charge in [0.2, 0.25) is 10.0 Å². The van der Waals surface area contributed by atoms with Crippen LogP contribution in [0.15, 0.2) is 27.6 Å². The molecule has 0 aromatic heterocycles. The number of hydrogen-bond donors (Lipinski definition) is 1. The van der Waals surface area contributed by atoms with Crippen molar-refractivity contribution in [2.24, 2.45) is 11.8 Å². The quantitative estimate of drug-likeness (QED) is 0.896. The Hall–Kier alpha value is -0.430. The van der Waals surface area contributed by atoms with Crippen molar-refractivity contribution in [3.05, 3.63) is 28.2 Å². The van der Waals surface area contributed by atoms with Crippen LogP contribution in [0.3, 0.4) is 0 Å². The Balaban J connectivity index is 2.27. The molecule has 0 amide bonds. The highest BCUT2D eigenvalue weighted by Crippen LogP contribution is 2.31. The maximum Gasteiger partial charge on any atom is 0.244 e. The van der Waals surface area contributed by atoms with E-state index in [1.807, 2.05) is 0 Å². The number of benzene rings is 1. The van der Waals surface area contributed by atoms with Crippen molar-refractivity contribution in [2.45, 2.75) is 31.8 Å². The molecule has 1 unspecified atom stereocenters. The fraction of sp³-hybridized carbons (Fsp3) is 0.571. The Bertz CT molecular complexity index is 586. The van der Waals surface area contributed by atoms with Gasteiger partial charge in [-0.1, -0.05) is 19.9 Å². The standard InChI is InChI=1S/C14H20BrNO3S/c1-10(2)12-5-6-16(8-12)20(18,19)14-4-3-11(9-17)7-13(14)15/h3-4,7,10,12,17H,5-6,8-9H2,1-2H3. The Kier molecular flexibility index (Phi) is 4.89. The predicted molar refractivity (Wildman–Crippen MR) is 81.8 cm³/mol. The van der Waals surface area contributed by atoms with Gasteiger partial charge in [-0.15, -0.1) is 0 Å². The van der Waals surface area contributed by atoms with Crippen molar-refractivity contribution >= 4 is 26.0 Å². The van der Waals surface area contributed by atoms with Crippen molar-refractivity contribution < 1.29 is 13.5 Å². The number of nitrogens with zero attached hydrogens (tertiary/aromatic N) is 1. The van der Waals surface area contributed by atoms with Crippen molar-refractivity contribution in [3.8, 4) is 0 Å². The fourth-order valence-electron chi connectivity index (χ4n) is 2.51. The van der Waals surface area contributed by atoms with Crippen LogP contribution in [-0.2, 0) is 16.6 Å². The Morgan fingerprint density at radius 2 is 2.15 bits per heavy atom. The van der Waals surface area contributed by atoms with Gasteiger partial charge in [0.25, 0.3) is 0 Å². The molecule has 1 aliphatic rings. The van der Waals surface area contributed by atoms with E-state index in [1.165, 1.54) is 0 Å². The van der Waals surface area contributed by atoms with E-state index in [0.29, 0.717) is 35.0 Å². The predicted octanol–water partition coefficient (Wildman–Crippen LogP) is 2.61. The highest BCUT2D eigenvalue weighted by atomic mass is 79.9. The molecule has 2 rings (SSSR count). The van der Waals surface area contributed by atoms with Crippen LogP contribution in [-0.4, -0.2) is 30.9 Å². The SMILES string of the molecule is CC(C)C1CCN(S(=O)(=O)c2ccc(CO)cc2Br)C1. The lowest BCUT2D eigenvalue weighted by Gasteiger charge is -2.19. The molecule has 1 aromatic carbocycles. The Morgan fingerprint density at radius 3 is 2.65 bits per heavy atom. The van der Waals surface area contributed by atoms with E-state index in [9.17, 15) is 8.42 Å². The van der Waals surface area contributed by atoms with E-state index in [4.69, 9.17) is 5.11 Å². The molecule has 4 nitrogen and oxygen atoms in total. The lowest BCUT2D eigenvalue weighted by Crippen LogP contribution is -2.29. The highest BCUT2D eigenvalue weighted by molar-refractivity contribution is 9.10. The summed E-state index contributed by atoms with van der Waals surface area (Å²) in [7, 11) is -3.46. The first-order chi connectivity index (χ1) is 9.36. The van der Waals surface area contributed by atoms with Crippen LogP contribution in [0.5, 0.6) is 0 Å². The minimum absolute atomic E-state index is 0.0991. The van der Waals surface area contributed by atoms with Crippen LogP contribution in [0.25, 0.3) is 0 Å². The summed E-state index contributed by atoms with van der Waals surface area (Å²) < 4.78 is 27.4. The number of aliphatic hydroxyl groups excluding tert-OH is 1. The van der Waals surface area contributed by atoms with Crippen LogP contribution in [0.4, 0.5) is 0 Å². The molecule has 0 saturated carbocycles. The normalized spacial score (nSPS) is 20.8. The third-order valence-electron chi connectivity index (χ3n) is 3.93. The molecule has 112 valence electrons. The monoisotopic (exact) mass is 361 g/mol. The fourth-order valence-corrected chi connectivity index (χ4v) is 5.10. The van der Waals surface area contributed by atoms with Crippen LogP contribution < -0.4 is 0 Å². The molecule has 1 atom stereocenters. The minimum Gasteiger partial charge on any atom is -0.392 e. The highest BCUT2D eigenvalue weighted by Gasteiger charge is 2.34. The van der Waals surface area contributed by atoms with Crippen molar-refractivity contribution in [1.29, 1.82) is 0 Å². The number of halogens is 1. The van der Waals surface area contributed by atoms with Gasteiger partial charge in [-0.05, 0) is 51.9 Å². The smallest absolute Gasteiger partial charge is 0.244 e. The van der Waals surface area contributed by atoms with E-state index in [2.05, 4.69) is 29.8 Å². The molecule has 1 N–H and O–H groups in total. The maximum atomic E-state index is 12.7. The number of sulfonamides is 1. The van der Waals surface area contributed by atoms with Crippen LogP contribution in [0.2, 0.25) is 0 Å². The number of aliphatic hydroxyl groups is 1. The zero-order chi connectivity index (χ0) is 14.9. The van der Waals surface area contributed by atoms with Gasteiger partial charge in [0.05, 0.1) is 11.5 Å². The van der Waals surface area contributed by atoms with Gasteiger partial charge in [0, 0.05) is 17.6 Å². The third-order valence-corrected chi connectivity index (χ3v) is 6.77. The van der Waals surface area contributed by atoms with Gasteiger partial charge < -0.3 is 5.11 Å². The van der Waals surface area contributed by atoms with Crippen molar-refractivity contribution in [3.63, 3.8) is 0 Å². The minimum atomic E-state index is -3.46. The molecule has 0 aliphatic carbocycles. The molecular weight excluding hydrogens is 342 g/mol. The van der Waals surface area contributed by atoms with Gasteiger partial charge in [-0.25, -0.2) is 8.42 Å². The summed E-state index contributed by atoms with van der Waals surface area (Å²) >= 11 is 3.30. The average molecular weight is 362 g/mol. The van der Waals surface area contributed by atoms with Crippen molar-refractivity contribution in [2.75, 3.05) is 13.1 Å². The Morgan fingerprint density at radius 1 is 1.45 bits per heavy atom. The van der Waals surface area contributed by atoms with Crippen LogP contribution in [0.1, 0.15) is 25.8 Å². The summed E-state index contributed by atoms with van der Waals surface area (Å²) in [4.78, 5) is 0.277. The number of rotatable bonds is 4. The van der Waals surface area contributed by atoms with E-state index in [0.717, 1.165) is 6.42 Å². The van der Waals surface area contributed by atoms with E-state index >= 15 is 0 Å². The molecule has 1 aliphatic heterocycles. The lowest BCUT2D eigenvalue weighted by molar-refractivity contribution is 0.281. The maximum absolute atomic E-state index is 12.7. The summed E-state index contributed by atoms with van der Waals surface area (Å²) in [5.41, 5.74) is 0.692. The van der Waals surface area contributed by atoms with Crippen molar-refractivity contribution in [1.82, 2.24) is 4.31 Å². The third kappa shape index (κ3) is 3.08. The van der Waals surface area contributed by atoms with Gasteiger partial charge >= 0.3 is 0 Å². The zero-order valence-electron chi connectivity index (χ0n) is 11.7. The number of hydrogen-bond acceptors (Lipinski definition) is 3. The van der Waals surface area contributed by atoms with Crippen LogP contribution >= 0.6 is 15.9 Å². The molecule has 1 aromatic rings. The molecule has 0 radical (unpaired) electrons. The first-order valence-corrected chi connectivity index (χ1v) is 8.99. The van der Waals surface area contributed by atoms with E-state index in [-0.39, 0.29) is 11.5 Å². The second kappa shape index (κ2) is 6.13. The summed E-state index contributed by atoms with van der Waals surface area (Å²) in [5, 5.41) is 9.08. The van der Waals surface area contributed by atoms with E-state index < -0.39 is 10.0 Å². The molecular formula is C14H20BrNO3S. The summed E-state index contributed by atoms with van der Waals surface area (Å²) in [6.07, 6.45) is 0.920. The summed E-state index contributed by atoms with van der Waals surface area (Å²) in [6, 6.07) is 4.87. The topological polar surface area (TPSA) is 57.6 Å². The molecule has 6 heteroatoms. The summed E-state index contributed by atoms with van der Waals surface area (Å²) in [6.45, 7) is 5.34. The molecule has 0 spiro atoms. The first-order valence-electron chi connectivity index (χ1n) is 6.75. The van der Waals surface area contributed by atoms with Gasteiger partial charge in [-0.2, -0.15) is 4.31 Å². The Labute approximate surface area is 129 Å². The van der Waals surface area contributed by atoms with Gasteiger partial charge in [-0.3, -0.25) is 0 Å². The second-order valence-electron chi connectivity index (χ2n) is 5.58. The molecule has 1 heterocycles. The molecule has 0 bridgehead atoms. The summed E-state index contributed by atoms with van der Waals surface area (Å²) in [5.74, 6) is 0.927. The van der Waals surface area contributed by atoms with Gasteiger partial charge in [0.15, 0.2) is 0 Å². The average Bonchev–Trinajstić information content (AvgIpc) is 2.88. The molecule has 20 heavy (non-hydrogen) atoms. The lowest BCUT2D eigenvalue weighted by atomic mass is 9.96. The zero-order valence-corrected chi connectivity index (χ0v) is 14.1. The second-order valence-corrected chi connectivity index (χ2v) is 8.34. The largest absolute Gasteiger partial charge is 0.392 e. The van der Waals surface area contributed by atoms with Gasteiger partial charge in [0.1, 0.15) is 0 Å². The first kappa shape index (κ1) is 15.9. The molecule has 1 fully saturated rings. The molecule has 1 saturated heterocycles. The van der Waals surface area contributed by atoms with E-state index in [1.54, 1.807) is 22.5 Å².